The van der Waals surface area contributed by atoms with Crippen molar-refractivity contribution in [1.82, 2.24) is 4.98 Å². The van der Waals surface area contributed by atoms with Crippen LogP contribution in [-0.2, 0) is 0 Å². The van der Waals surface area contributed by atoms with Crippen molar-refractivity contribution in [2.24, 2.45) is 0 Å². The fraction of sp³-hybridized carbons (Fsp3) is 0. The molecule has 0 bridgehead atoms. The van der Waals surface area contributed by atoms with Gasteiger partial charge in [-0.05, 0) is 12.1 Å². The van der Waals surface area contributed by atoms with E-state index in [9.17, 15) is 0 Å². The number of nitrogens with zero attached hydrogens (tertiary/aromatic N) is 1. The van der Waals surface area contributed by atoms with Gasteiger partial charge in [-0.25, -0.2) is 0 Å². The second-order valence-corrected chi connectivity index (χ2v) is 1.54. The van der Waals surface area contributed by atoms with Crippen molar-refractivity contribution in [1.29, 1.82) is 0 Å². The average molecular weight is 116 g/mol. The van der Waals surface area contributed by atoms with E-state index in [-0.39, 0.29) is 0 Å². The number of pyridine rings is 1. The number of hydrogen-bond acceptors (Lipinski definition) is 1. The largest absolute Gasteiger partial charge is 0.263 e. The van der Waals surface area contributed by atoms with Gasteiger partial charge in [0, 0.05) is 24.9 Å². The molecule has 1 aromatic heterocycles. The van der Waals surface area contributed by atoms with Crippen LogP contribution in [0.15, 0.2) is 24.5 Å². The van der Waals surface area contributed by atoms with E-state index in [1.165, 1.54) is 0 Å². The van der Waals surface area contributed by atoms with Crippen molar-refractivity contribution < 1.29 is 0 Å². The first-order valence-corrected chi connectivity index (χ1v) is 2.61. The molecule has 0 saturated heterocycles. The van der Waals surface area contributed by atoms with Crippen LogP contribution in [0.1, 0.15) is 5.56 Å². The summed E-state index contributed by atoms with van der Waals surface area (Å²) in [5.41, 5.74) is 0.910. The maximum Gasteiger partial charge on any atom is 0.0428 e. The van der Waals surface area contributed by atoms with E-state index in [1.54, 1.807) is 12.4 Å². The zero-order chi connectivity index (χ0) is 6.53. The molecule has 0 amide bonds. The Labute approximate surface area is 54.7 Å². The third-order valence-electron chi connectivity index (χ3n) is 0.894. The maximum atomic E-state index is 3.87. The molecule has 0 atom stereocenters. The van der Waals surface area contributed by atoms with Crippen molar-refractivity contribution in [3.63, 3.8) is 0 Å². The fourth-order valence-corrected chi connectivity index (χ4v) is 0.539. The molecular formula is C8H6N. The van der Waals surface area contributed by atoms with Crippen molar-refractivity contribution in [2.45, 2.75) is 0 Å². The average Bonchev–Trinajstić information content (AvgIpc) is 1.91. The maximum absolute atomic E-state index is 3.87. The Hall–Kier alpha value is -1.29. The monoisotopic (exact) mass is 116 g/mol. The van der Waals surface area contributed by atoms with Crippen LogP contribution in [0.25, 0.3) is 0 Å². The van der Waals surface area contributed by atoms with Crippen LogP contribution in [0.4, 0.5) is 0 Å². The summed E-state index contributed by atoms with van der Waals surface area (Å²) in [5, 5.41) is 0. The standard InChI is InChI=1S/C8H6N/c1-2-4-8-5-3-6-9-7-8/h3,5-7H,1H2. The molecule has 1 heterocycles. The molecule has 1 nitrogen and oxygen atoms in total. The van der Waals surface area contributed by atoms with Crippen LogP contribution >= 0.6 is 0 Å². The molecular weight excluding hydrogens is 110 g/mol. The molecule has 0 aliphatic carbocycles. The molecule has 43 valence electrons. The molecule has 1 heteroatoms. The van der Waals surface area contributed by atoms with Gasteiger partial charge < -0.3 is 0 Å². The number of hydrogen-bond donors (Lipinski definition) is 0. The first-order chi connectivity index (χ1) is 4.43. The SMILES string of the molecule is [CH2]C#Cc1cccnc1. The zero-order valence-corrected chi connectivity index (χ0v) is 4.96. The van der Waals surface area contributed by atoms with Crippen molar-refractivity contribution >= 4 is 0 Å². The molecule has 1 aromatic rings. The summed E-state index contributed by atoms with van der Waals surface area (Å²) in [6, 6.07) is 3.74. The first-order valence-electron chi connectivity index (χ1n) is 2.61. The molecule has 0 fully saturated rings. The van der Waals surface area contributed by atoms with Gasteiger partial charge in [-0.1, -0.05) is 11.8 Å². The summed E-state index contributed by atoms with van der Waals surface area (Å²) in [6.45, 7) is 3.39. The van der Waals surface area contributed by atoms with Gasteiger partial charge in [-0.15, -0.1) is 0 Å². The molecule has 1 radical (unpaired) electrons. The molecule has 0 saturated carbocycles. The lowest BCUT2D eigenvalue weighted by Crippen LogP contribution is -1.73. The summed E-state index contributed by atoms with van der Waals surface area (Å²) in [4.78, 5) is 3.87. The highest BCUT2D eigenvalue weighted by Gasteiger charge is 1.78. The lowest BCUT2D eigenvalue weighted by Gasteiger charge is -1.82. The van der Waals surface area contributed by atoms with Gasteiger partial charge in [-0.3, -0.25) is 4.98 Å². The summed E-state index contributed by atoms with van der Waals surface area (Å²) in [6.07, 6.45) is 3.42. The predicted octanol–water partition coefficient (Wildman–Crippen LogP) is 1.27. The van der Waals surface area contributed by atoms with Crippen LogP contribution in [-0.4, -0.2) is 4.98 Å². The topological polar surface area (TPSA) is 12.9 Å². The van der Waals surface area contributed by atoms with Gasteiger partial charge >= 0.3 is 0 Å². The van der Waals surface area contributed by atoms with Gasteiger partial charge in [0.25, 0.3) is 0 Å². The molecule has 0 aliphatic rings. The molecule has 0 spiro atoms. The molecule has 1 rings (SSSR count). The van der Waals surface area contributed by atoms with Crippen molar-refractivity contribution in [3.8, 4) is 11.8 Å². The molecule has 0 aliphatic heterocycles. The number of rotatable bonds is 0. The quantitative estimate of drug-likeness (QED) is 0.465. The highest BCUT2D eigenvalue weighted by atomic mass is 14.6. The zero-order valence-electron chi connectivity index (χ0n) is 4.96. The summed E-state index contributed by atoms with van der Waals surface area (Å²) >= 11 is 0. The first kappa shape index (κ1) is 5.84. The Kier molecular flexibility index (Phi) is 1.87. The van der Waals surface area contributed by atoms with Crippen LogP contribution in [0.3, 0.4) is 0 Å². The Balaban J connectivity index is 2.94. The van der Waals surface area contributed by atoms with E-state index < -0.39 is 0 Å². The third-order valence-corrected chi connectivity index (χ3v) is 0.894. The van der Waals surface area contributed by atoms with Gasteiger partial charge in [-0.2, -0.15) is 0 Å². The lowest BCUT2D eigenvalue weighted by molar-refractivity contribution is 1.31. The Morgan fingerprint density at radius 1 is 1.56 bits per heavy atom. The lowest BCUT2D eigenvalue weighted by atomic mass is 10.3. The van der Waals surface area contributed by atoms with Crippen molar-refractivity contribution in [2.75, 3.05) is 0 Å². The van der Waals surface area contributed by atoms with Gasteiger partial charge in [0.15, 0.2) is 0 Å². The molecule has 0 aromatic carbocycles. The van der Waals surface area contributed by atoms with Crippen LogP contribution in [0.2, 0.25) is 0 Å². The highest BCUT2D eigenvalue weighted by molar-refractivity contribution is 5.31. The van der Waals surface area contributed by atoms with E-state index in [2.05, 4.69) is 23.7 Å². The number of aromatic nitrogens is 1. The third kappa shape index (κ3) is 1.58. The summed E-state index contributed by atoms with van der Waals surface area (Å²) in [5.74, 6) is 5.33. The van der Waals surface area contributed by atoms with E-state index >= 15 is 0 Å². The smallest absolute Gasteiger partial charge is 0.0428 e. The minimum absolute atomic E-state index is 0.910. The normalized spacial score (nSPS) is 7.67. The minimum atomic E-state index is 0.910. The summed E-state index contributed by atoms with van der Waals surface area (Å²) in [7, 11) is 0. The van der Waals surface area contributed by atoms with Gasteiger partial charge in [0.05, 0.1) is 0 Å². The Bertz CT molecular complexity index is 228. The fourth-order valence-electron chi connectivity index (χ4n) is 0.539. The van der Waals surface area contributed by atoms with Gasteiger partial charge in [0.1, 0.15) is 0 Å². The molecule has 0 N–H and O–H groups in total. The van der Waals surface area contributed by atoms with Crippen LogP contribution < -0.4 is 0 Å². The van der Waals surface area contributed by atoms with Crippen molar-refractivity contribution in [3.05, 3.63) is 37.0 Å². The van der Waals surface area contributed by atoms with Gasteiger partial charge in [0.2, 0.25) is 0 Å². The Morgan fingerprint density at radius 2 is 2.44 bits per heavy atom. The van der Waals surface area contributed by atoms with E-state index in [0.717, 1.165) is 5.56 Å². The molecule has 0 unspecified atom stereocenters. The summed E-state index contributed by atoms with van der Waals surface area (Å²) < 4.78 is 0. The van der Waals surface area contributed by atoms with Crippen LogP contribution in [0.5, 0.6) is 0 Å². The second kappa shape index (κ2) is 2.88. The Morgan fingerprint density at radius 3 is 3.00 bits per heavy atom. The van der Waals surface area contributed by atoms with E-state index in [4.69, 9.17) is 0 Å². The highest BCUT2D eigenvalue weighted by Crippen LogP contribution is 1.90. The van der Waals surface area contributed by atoms with Crippen LogP contribution in [0, 0.1) is 18.8 Å². The van der Waals surface area contributed by atoms with E-state index in [1.807, 2.05) is 12.1 Å². The predicted molar refractivity (Wildman–Crippen MR) is 36.5 cm³/mol. The second-order valence-electron chi connectivity index (χ2n) is 1.54. The molecule has 9 heavy (non-hydrogen) atoms. The van der Waals surface area contributed by atoms with E-state index in [0.29, 0.717) is 0 Å². The minimum Gasteiger partial charge on any atom is -0.263 e.